The topological polar surface area (TPSA) is 75.6 Å². The lowest BCUT2D eigenvalue weighted by molar-refractivity contribution is -0.139. The Balaban J connectivity index is 1.24. The third-order valence-electron chi connectivity index (χ3n) is 7.13. The second-order valence-corrected chi connectivity index (χ2v) is 9.71. The number of carbonyl (C=O) groups is 2. The largest absolute Gasteiger partial charge is 0.480 e. The zero-order valence-corrected chi connectivity index (χ0v) is 21.4. The van der Waals surface area contributed by atoms with Crippen molar-refractivity contribution in [1.82, 2.24) is 5.32 Å². The van der Waals surface area contributed by atoms with E-state index in [2.05, 4.69) is 48.6 Å². The molecule has 38 heavy (non-hydrogen) atoms. The van der Waals surface area contributed by atoms with Crippen LogP contribution in [0.25, 0.3) is 22.3 Å². The Hall–Kier alpha value is -4.38. The Morgan fingerprint density at radius 1 is 0.816 bits per heavy atom. The van der Waals surface area contributed by atoms with E-state index in [1.54, 1.807) is 0 Å². The number of nitrogens with one attached hydrogen (secondary N) is 1. The fourth-order valence-electron chi connectivity index (χ4n) is 5.25. The minimum absolute atomic E-state index is 0.0863. The van der Waals surface area contributed by atoms with Gasteiger partial charge in [0.25, 0.3) is 0 Å². The Morgan fingerprint density at radius 3 is 2.11 bits per heavy atom. The van der Waals surface area contributed by atoms with Crippen molar-refractivity contribution in [3.05, 3.63) is 119 Å². The molecule has 0 bridgehead atoms. The summed E-state index contributed by atoms with van der Waals surface area (Å²) in [6.45, 7) is 2.29. The van der Waals surface area contributed by atoms with Gasteiger partial charge in [-0.3, -0.25) is 0 Å². The van der Waals surface area contributed by atoms with E-state index in [0.717, 1.165) is 51.8 Å². The van der Waals surface area contributed by atoms with Crippen LogP contribution in [0.1, 0.15) is 41.5 Å². The van der Waals surface area contributed by atoms with Gasteiger partial charge in [0.15, 0.2) is 0 Å². The van der Waals surface area contributed by atoms with Gasteiger partial charge in [-0.05, 0) is 50.9 Å². The first-order valence-electron chi connectivity index (χ1n) is 13.1. The molecule has 1 aliphatic carbocycles. The minimum Gasteiger partial charge on any atom is -0.480 e. The normalized spacial score (nSPS) is 12.9. The number of hydrogen-bond acceptors (Lipinski definition) is 3. The van der Waals surface area contributed by atoms with Gasteiger partial charge in [-0.1, -0.05) is 110 Å². The average molecular weight is 506 g/mol. The maximum atomic E-state index is 12.7. The lowest BCUT2D eigenvalue weighted by atomic mass is 9.98. The number of aliphatic carboxylic acids is 1. The number of carbonyl (C=O) groups excluding carboxylic acids is 1. The Labute approximate surface area is 223 Å². The van der Waals surface area contributed by atoms with Crippen LogP contribution >= 0.6 is 0 Å². The van der Waals surface area contributed by atoms with E-state index >= 15 is 0 Å². The molecule has 0 aliphatic heterocycles. The molecule has 1 unspecified atom stereocenters. The summed E-state index contributed by atoms with van der Waals surface area (Å²) in [6.07, 6.45) is 1.56. The standard InChI is InChI=1S/C33H31NO4/c1-2-8-22-15-17-24(18-16-22)25-10-7-9-23(19-25)20-31(32(35)36)34-33(37)38-21-30-28-13-5-3-11-26(28)27-12-4-6-14-29(27)30/h3-7,9-19,30-31H,2,8,20-21H2,1H3,(H,34,37)(H,35,36). The molecule has 0 saturated carbocycles. The van der Waals surface area contributed by atoms with Crippen LogP contribution in [0, 0.1) is 0 Å². The fraction of sp³-hybridized carbons (Fsp3) is 0.212. The molecule has 0 saturated heterocycles. The number of amides is 1. The number of ether oxygens (including phenoxy) is 1. The first-order valence-corrected chi connectivity index (χ1v) is 13.1. The highest BCUT2D eigenvalue weighted by atomic mass is 16.5. The van der Waals surface area contributed by atoms with Crippen molar-refractivity contribution >= 4 is 12.1 Å². The molecular weight excluding hydrogens is 474 g/mol. The molecule has 1 aliphatic rings. The van der Waals surface area contributed by atoms with Crippen molar-refractivity contribution in [2.75, 3.05) is 6.61 Å². The van der Waals surface area contributed by atoms with Gasteiger partial charge in [0.1, 0.15) is 12.6 Å². The molecule has 0 fully saturated rings. The summed E-state index contributed by atoms with van der Waals surface area (Å²) in [7, 11) is 0. The summed E-state index contributed by atoms with van der Waals surface area (Å²) in [6, 6.07) is 31.3. The number of alkyl carbamates (subject to hydrolysis) is 1. The second kappa shape index (κ2) is 11.3. The van der Waals surface area contributed by atoms with E-state index in [4.69, 9.17) is 4.74 Å². The van der Waals surface area contributed by atoms with Gasteiger partial charge in [-0.25, -0.2) is 9.59 Å². The molecule has 1 amide bonds. The van der Waals surface area contributed by atoms with Crippen LogP contribution in [-0.2, 0) is 22.4 Å². The van der Waals surface area contributed by atoms with E-state index in [1.165, 1.54) is 5.56 Å². The van der Waals surface area contributed by atoms with Crippen LogP contribution in [-0.4, -0.2) is 29.8 Å². The molecule has 5 nitrogen and oxygen atoms in total. The van der Waals surface area contributed by atoms with Gasteiger partial charge >= 0.3 is 12.1 Å². The summed E-state index contributed by atoms with van der Waals surface area (Å²) in [5.41, 5.74) is 8.70. The highest BCUT2D eigenvalue weighted by Crippen LogP contribution is 2.44. The van der Waals surface area contributed by atoms with Crippen molar-refractivity contribution in [1.29, 1.82) is 0 Å². The zero-order valence-electron chi connectivity index (χ0n) is 21.4. The number of carboxylic acid groups (broad SMARTS) is 1. The van der Waals surface area contributed by atoms with Crippen LogP contribution in [0.2, 0.25) is 0 Å². The summed E-state index contributed by atoms with van der Waals surface area (Å²) < 4.78 is 5.57. The van der Waals surface area contributed by atoms with Gasteiger partial charge in [-0.15, -0.1) is 0 Å². The molecule has 1 atom stereocenters. The SMILES string of the molecule is CCCc1ccc(-c2cccc(CC(NC(=O)OCC3c4ccccc4-c4ccccc43)C(=O)O)c2)cc1. The Bertz CT molecular complexity index is 1400. The first-order chi connectivity index (χ1) is 18.5. The predicted octanol–water partition coefficient (Wildman–Crippen LogP) is 6.84. The number of hydrogen-bond donors (Lipinski definition) is 2. The summed E-state index contributed by atoms with van der Waals surface area (Å²) in [4.78, 5) is 24.7. The van der Waals surface area contributed by atoms with E-state index in [1.807, 2.05) is 60.7 Å². The smallest absolute Gasteiger partial charge is 0.407 e. The van der Waals surface area contributed by atoms with Crippen LogP contribution < -0.4 is 5.32 Å². The minimum atomic E-state index is -1.10. The van der Waals surface area contributed by atoms with Crippen LogP contribution in [0.5, 0.6) is 0 Å². The van der Waals surface area contributed by atoms with E-state index in [0.29, 0.717) is 0 Å². The number of fused-ring (bicyclic) bond motifs is 3. The molecule has 0 spiro atoms. The number of benzene rings is 4. The van der Waals surface area contributed by atoms with Crippen LogP contribution in [0.4, 0.5) is 4.79 Å². The number of aryl methyl sites for hydroxylation is 1. The molecule has 0 heterocycles. The highest BCUT2D eigenvalue weighted by Gasteiger charge is 2.29. The van der Waals surface area contributed by atoms with Crippen molar-refractivity contribution in [3.8, 4) is 22.3 Å². The molecule has 5 rings (SSSR count). The van der Waals surface area contributed by atoms with Crippen molar-refractivity contribution in [2.24, 2.45) is 0 Å². The maximum Gasteiger partial charge on any atom is 0.407 e. The van der Waals surface area contributed by atoms with E-state index in [-0.39, 0.29) is 18.9 Å². The summed E-state index contributed by atoms with van der Waals surface area (Å²) >= 11 is 0. The van der Waals surface area contributed by atoms with E-state index in [9.17, 15) is 14.7 Å². The lowest BCUT2D eigenvalue weighted by Gasteiger charge is -2.18. The number of rotatable bonds is 9. The maximum absolute atomic E-state index is 12.7. The quantitative estimate of drug-likeness (QED) is 0.261. The monoisotopic (exact) mass is 505 g/mol. The molecule has 192 valence electrons. The molecular formula is C33H31NO4. The predicted molar refractivity (Wildman–Crippen MR) is 149 cm³/mol. The van der Waals surface area contributed by atoms with Crippen molar-refractivity contribution in [3.63, 3.8) is 0 Å². The Kier molecular flexibility index (Phi) is 7.55. The molecule has 2 N–H and O–H groups in total. The third kappa shape index (κ3) is 5.47. The van der Waals surface area contributed by atoms with Gasteiger partial charge in [0.2, 0.25) is 0 Å². The first kappa shape index (κ1) is 25.3. The van der Waals surface area contributed by atoms with Crippen LogP contribution in [0.15, 0.2) is 97.1 Å². The zero-order chi connectivity index (χ0) is 26.5. The molecule has 5 heteroatoms. The van der Waals surface area contributed by atoms with E-state index < -0.39 is 18.1 Å². The third-order valence-corrected chi connectivity index (χ3v) is 7.13. The molecule has 0 aromatic heterocycles. The molecule has 4 aromatic carbocycles. The average Bonchev–Trinajstić information content (AvgIpc) is 3.26. The highest BCUT2D eigenvalue weighted by molar-refractivity contribution is 5.81. The fourth-order valence-corrected chi connectivity index (χ4v) is 5.25. The second-order valence-electron chi connectivity index (χ2n) is 9.71. The van der Waals surface area contributed by atoms with Gasteiger partial charge in [0.05, 0.1) is 0 Å². The van der Waals surface area contributed by atoms with Gasteiger partial charge < -0.3 is 15.2 Å². The molecule has 4 aromatic rings. The number of carboxylic acids is 1. The van der Waals surface area contributed by atoms with Crippen molar-refractivity contribution in [2.45, 2.75) is 38.1 Å². The molecule has 0 radical (unpaired) electrons. The Morgan fingerprint density at radius 2 is 1.47 bits per heavy atom. The van der Waals surface area contributed by atoms with Crippen molar-refractivity contribution < 1.29 is 19.4 Å². The summed E-state index contributed by atoms with van der Waals surface area (Å²) in [5, 5.41) is 12.4. The lowest BCUT2D eigenvalue weighted by Crippen LogP contribution is -2.42. The van der Waals surface area contributed by atoms with Gasteiger partial charge in [0, 0.05) is 12.3 Å². The van der Waals surface area contributed by atoms with Gasteiger partial charge in [-0.2, -0.15) is 0 Å². The van der Waals surface area contributed by atoms with Crippen LogP contribution in [0.3, 0.4) is 0 Å². The summed E-state index contributed by atoms with van der Waals surface area (Å²) in [5.74, 6) is -1.19.